The van der Waals surface area contributed by atoms with Crippen molar-refractivity contribution < 1.29 is 17.5 Å². The van der Waals surface area contributed by atoms with Crippen LogP contribution in [0, 0.1) is 5.82 Å². The summed E-state index contributed by atoms with van der Waals surface area (Å²) in [5, 5.41) is 2.35. The van der Waals surface area contributed by atoms with Crippen molar-refractivity contribution in [2.24, 2.45) is 0 Å². The highest BCUT2D eigenvalue weighted by Gasteiger charge is 2.37. The quantitative estimate of drug-likeness (QED) is 0.841. The average molecular weight is 328 g/mol. The van der Waals surface area contributed by atoms with Crippen molar-refractivity contribution in [2.75, 3.05) is 13.1 Å². The van der Waals surface area contributed by atoms with Crippen LogP contribution in [0.4, 0.5) is 4.39 Å². The largest absolute Gasteiger partial charge is 0.464 e. The summed E-state index contributed by atoms with van der Waals surface area (Å²) in [7, 11) is -3.39. The van der Waals surface area contributed by atoms with Crippen molar-refractivity contribution in [1.29, 1.82) is 0 Å². The fourth-order valence-corrected chi connectivity index (χ4v) is 4.13. The van der Waals surface area contributed by atoms with Crippen molar-refractivity contribution in [3.8, 4) is 5.19 Å². The third kappa shape index (κ3) is 3.39. The molecule has 0 atom stereocenters. The monoisotopic (exact) mass is 328 g/mol. The predicted molar refractivity (Wildman–Crippen MR) is 77.1 cm³/mol. The molecular weight excluding hydrogens is 315 g/mol. The van der Waals surface area contributed by atoms with Gasteiger partial charge in [0.25, 0.3) is 5.19 Å². The minimum absolute atomic E-state index is 0.128. The zero-order chi connectivity index (χ0) is 14.9. The Labute approximate surface area is 126 Å². The molecule has 0 amide bonds. The van der Waals surface area contributed by atoms with Crippen LogP contribution in [0.5, 0.6) is 5.19 Å². The highest BCUT2D eigenvalue weighted by atomic mass is 32.2. The van der Waals surface area contributed by atoms with Gasteiger partial charge in [-0.25, -0.2) is 17.8 Å². The lowest BCUT2D eigenvalue weighted by atomic mass is 10.2. The molecule has 1 fully saturated rings. The topological polar surface area (TPSA) is 59.5 Å². The molecule has 3 rings (SSSR count). The number of rotatable bonds is 5. The summed E-state index contributed by atoms with van der Waals surface area (Å²) in [5.74, 6) is -0.505. The van der Waals surface area contributed by atoms with Gasteiger partial charge < -0.3 is 4.74 Å². The molecule has 21 heavy (non-hydrogen) atoms. The molecule has 1 aromatic carbocycles. The van der Waals surface area contributed by atoms with Crippen LogP contribution in [-0.4, -0.2) is 36.9 Å². The van der Waals surface area contributed by atoms with Crippen LogP contribution < -0.4 is 4.74 Å². The summed E-state index contributed by atoms with van der Waals surface area (Å²) in [6, 6.07) is 5.48. The Morgan fingerprint density at radius 3 is 2.67 bits per heavy atom. The van der Waals surface area contributed by atoms with Crippen molar-refractivity contribution in [3.05, 3.63) is 47.2 Å². The highest BCUT2D eigenvalue weighted by molar-refractivity contribution is 7.88. The SMILES string of the molecule is O=S(=O)(Cc1ccc(F)cc1)N1CC(Oc2nccs2)C1. The molecule has 1 aromatic heterocycles. The second-order valence-electron chi connectivity index (χ2n) is 4.74. The van der Waals surface area contributed by atoms with E-state index in [4.69, 9.17) is 4.74 Å². The average Bonchev–Trinajstić information content (AvgIpc) is 2.88. The van der Waals surface area contributed by atoms with E-state index < -0.39 is 10.0 Å². The number of hydrogen-bond donors (Lipinski definition) is 0. The van der Waals surface area contributed by atoms with Crippen molar-refractivity contribution in [2.45, 2.75) is 11.9 Å². The van der Waals surface area contributed by atoms with E-state index in [0.717, 1.165) is 0 Å². The number of hydrogen-bond acceptors (Lipinski definition) is 5. The van der Waals surface area contributed by atoms with Crippen LogP contribution in [0.15, 0.2) is 35.8 Å². The molecule has 8 heteroatoms. The summed E-state index contributed by atoms with van der Waals surface area (Å²) in [6.07, 6.45) is 1.49. The number of sulfonamides is 1. The van der Waals surface area contributed by atoms with Gasteiger partial charge in [-0.2, -0.15) is 4.31 Å². The van der Waals surface area contributed by atoms with Crippen LogP contribution in [0.2, 0.25) is 0 Å². The summed E-state index contributed by atoms with van der Waals surface area (Å²) in [4.78, 5) is 3.99. The first-order valence-electron chi connectivity index (χ1n) is 6.31. The van der Waals surface area contributed by atoms with E-state index in [-0.39, 0.29) is 17.7 Å². The summed E-state index contributed by atoms with van der Waals surface area (Å²) >= 11 is 1.38. The number of ether oxygens (including phenoxy) is 1. The Hall–Kier alpha value is -1.51. The number of nitrogens with zero attached hydrogens (tertiary/aromatic N) is 2. The van der Waals surface area contributed by atoms with E-state index in [1.807, 2.05) is 0 Å². The van der Waals surface area contributed by atoms with E-state index in [1.165, 1.54) is 39.9 Å². The van der Waals surface area contributed by atoms with Gasteiger partial charge in [-0.3, -0.25) is 0 Å². The smallest absolute Gasteiger partial charge is 0.273 e. The van der Waals surface area contributed by atoms with Gasteiger partial charge in [-0.1, -0.05) is 23.5 Å². The number of benzene rings is 1. The zero-order valence-electron chi connectivity index (χ0n) is 11.0. The van der Waals surface area contributed by atoms with Gasteiger partial charge in [0.05, 0.1) is 18.8 Å². The maximum atomic E-state index is 12.8. The van der Waals surface area contributed by atoms with E-state index in [0.29, 0.717) is 23.8 Å². The molecule has 0 radical (unpaired) electrons. The fourth-order valence-electron chi connectivity index (χ4n) is 2.00. The third-order valence-corrected chi connectivity index (χ3v) is 5.59. The van der Waals surface area contributed by atoms with Gasteiger partial charge in [-0.05, 0) is 17.7 Å². The highest BCUT2D eigenvalue weighted by Crippen LogP contribution is 2.23. The minimum Gasteiger partial charge on any atom is -0.464 e. The molecule has 112 valence electrons. The Balaban J connectivity index is 1.56. The Morgan fingerprint density at radius 2 is 2.05 bits per heavy atom. The molecule has 0 spiro atoms. The zero-order valence-corrected chi connectivity index (χ0v) is 12.6. The molecule has 2 aromatic rings. The standard InChI is InChI=1S/C13H13FN2O3S2/c14-11-3-1-10(2-4-11)9-21(17,18)16-7-12(8-16)19-13-15-5-6-20-13/h1-6,12H,7-9H2. The van der Waals surface area contributed by atoms with Gasteiger partial charge in [-0.15, -0.1) is 0 Å². The second kappa shape index (κ2) is 5.70. The van der Waals surface area contributed by atoms with E-state index in [2.05, 4.69) is 4.98 Å². The fraction of sp³-hybridized carbons (Fsp3) is 0.308. The molecule has 1 aliphatic rings. The summed E-state index contributed by atoms with van der Waals surface area (Å²) in [6.45, 7) is 0.645. The van der Waals surface area contributed by atoms with E-state index in [1.54, 1.807) is 11.6 Å². The summed E-state index contributed by atoms with van der Waals surface area (Å²) < 4.78 is 44.1. The maximum Gasteiger partial charge on any atom is 0.273 e. The van der Waals surface area contributed by atoms with E-state index in [9.17, 15) is 12.8 Å². The lowest BCUT2D eigenvalue weighted by Gasteiger charge is -2.37. The van der Waals surface area contributed by atoms with Crippen molar-refractivity contribution in [3.63, 3.8) is 0 Å². The normalized spacial score (nSPS) is 16.6. The lowest BCUT2D eigenvalue weighted by molar-refractivity contribution is 0.0758. The molecule has 0 N–H and O–H groups in total. The molecular formula is C13H13FN2O3S2. The Morgan fingerprint density at radius 1 is 1.33 bits per heavy atom. The first kappa shape index (κ1) is 14.4. The van der Waals surface area contributed by atoms with Crippen molar-refractivity contribution in [1.82, 2.24) is 9.29 Å². The molecule has 0 aliphatic carbocycles. The van der Waals surface area contributed by atoms with Crippen LogP contribution in [0.1, 0.15) is 5.56 Å². The van der Waals surface area contributed by atoms with Crippen LogP contribution in [0.3, 0.4) is 0 Å². The van der Waals surface area contributed by atoms with Gasteiger partial charge in [0.2, 0.25) is 10.0 Å². The minimum atomic E-state index is -3.39. The van der Waals surface area contributed by atoms with E-state index >= 15 is 0 Å². The molecule has 5 nitrogen and oxygen atoms in total. The lowest BCUT2D eigenvalue weighted by Crippen LogP contribution is -2.56. The molecule has 0 bridgehead atoms. The molecule has 0 unspecified atom stereocenters. The number of halogens is 1. The van der Waals surface area contributed by atoms with Gasteiger partial charge in [0.15, 0.2) is 0 Å². The van der Waals surface area contributed by atoms with Gasteiger partial charge in [0, 0.05) is 11.6 Å². The Bertz CT molecular complexity index is 696. The van der Waals surface area contributed by atoms with Crippen LogP contribution in [0.25, 0.3) is 0 Å². The molecule has 1 saturated heterocycles. The Kier molecular flexibility index (Phi) is 3.92. The molecule has 0 saturated carbocycles. The number of aromatic nitrogens is 1. The van der Waals surface area contributed by atoms with Gasteiger partial charge in [0.1, 0.15) is 11.9 Å². The number of thiazole rings is 1. The summed E-state index contributed by atoms with van der Waals surface area (Å²) in [5.41, 5.74) is 0.570. The van der Waals surface area contributed by atoms with Crippen LogP contribution in [-0.2, 0) is 15.8 Å². The third-order valence-electron chi connectivity index (χ3n) is 3.15. The molecule has 2 heterocycles. The predicted octanol–water partition coefficient (Wildman–Crippen LogP) is 1.88. The van der Waals surface area contributed by atoms with Gasteiger partial charge >= 0.3 is 0 Å². The maximum absolute atomic E-state index is 12.8. The first-order valence-corrected chi connectivity index (χ1v) is 8.80. The van der Waals surface area contributed by atoms with Crippen LogP contribution >= 0.6 is 11.3 Å². The first-order chi connectivity index (χ1) is 10.0. The second-order valence-corrected chi connectivity index (χ2v) is 7.56. The molecule has 1 aliphatic heterocycles. The van der Waals surface area contributed by atoms with Crippen molar-refractivity contribution >= 4 is 21.4 Å².